The molecular weight excluding hydrogens is 431 g/mol. The average molecular weight is 453 g/mol. The Hall–Kier alpha value is -2.88. The van der Waals surface area contributed by atoms with Crippen molar-refractivity contribution < 1.29 is 14.7 Å². The lowest BCUT2D eigenvalue weighted by atomic mass is 9.69. The zero-order valence-corrected chi connectivity index (χ0v) is 18.3. The molecule has 0 amide bonds. The molecule has 1 atom stereocenters. The molecule has 5 heteroatoms. The fourth-order valence-electron chi connectivity index (χ4n) is 3.62. The van der Waals surface area contributed by atoms with Gasteiger partial charge in [0.1, 0.15) is 0 Å². The molecule has 1 unspecified atom stereocenters. The minimum Gasteiger partial charge on any atom is -0.481 e. The minimum absolute atomic E-state index is 0.122. The summed E-state index contributed by atoms with van der Waals surface area (Å²) in [6.45, 7) is 0. The monoisotopic (exact) mass is 452 g/mol. The van der Waals surface area contributed by atoms with Gasteiger partial charge in [0, 0.05) is 16.5 Å². The molecule has 3 nitrogen and oxygen atoms in total. The molecule has 1 N–H and O–H groups in total. The van der Waals surface area contributed by atoms with Crippen molar-refractivity contribution in [3.8, 4) is 0 Å². The summed E-state index contributed by atoms with van der Waals surface area (Å²) < 4.78 is 0. The maximum Gasteiger partial charge on any atom is 0.303 e. The highest BCUT2D eigenvalue weighted by Gasteiger charge is 2.39. The number of carbonyl (C=O) groups is 2. The first kappa shape index (κ1) is 22.8. The van der Waals surface area contributed by atoms with Gasteiger partial charge in [-0.2, -0.15) is 0 Å². The molecular formula is C26H22Cl2O3. The lowest BCUT2D eigenvalue weighted by Gasteiger charge is -2.32. The summed E-state index contributed by atoms with van der Waals surface area (Å²) in [7, 11) is 0. The van der Waals surface area contributed by atoms with Gasteiger partial charge in [-0.3, -0.25) is 9.59 Å². The lowest BCUT2D eigenvalue weighted by molar-refractivity contribution is -0.137. The number of allylic oxidation sites excluding steroid dienone is 1. The van der Waals surface area contributed by atoms with E-state index in [1.807, 2.05) is 54.6 Å². The van der Waals surface area contributed by atoms with Crippen LogP contribution in [0, 0.1) is 0 Å². The highest BCUT2D eigenvalue weighted by molar-refractivity contribution is 6.30. The van der Waals surface area contributed by atoms with Crippen LogP contribution in [-0.2, 0) is 21.4 Å². The Morgan fingerprint density at radius 3 is 2.00 bits per heavy atom. The van der Waals surface area contributed by atoms with E-state index >= 15 is 0 Å². The summed E-state index contributed by atoms with van der Waals surface area (Å²) in [5.74, 6) is -1.09. The minimum atomic E-state index is -1.02. The number of aliphatic carboxylic acids is 1. The van der Waals surface area contributed by atoms with Crippen LogP contribution in [0.3, 0.4) is 0 Å². The van der Waals surface area contributed by atoms with Gasteiger partial charge in [0.15, 0.2) is 5.78 Å². The highest BCUT2D eigenvalue weighted by Crippen LogP contribution is 2.36. The Bertz CT molecular complexity index is 1060. The van der Waals surface area contributed by atoms with Gasteiger partial charge >= 0.3 is 5.97 Å². The number of hydrogen-bond acceptors (Lipinski definition) is 2. The molecule has 3 rings (SSSR count). The number of hydrogen-bond donors (Lipinski definition) is 1. The summed E-state index contributed by atoms with van der Waals surface area (Å²) in [4.78, 5) is 25.1. The molecule has 0 heterocycles. The van der Waals surface area contributed by atoms with Crippen LogP contribution in [-0.4, -0.2) is 16.9 Å². The van der Waals surface area contributed by atoms with E-state index < -0.39 is 11.4 Å². The predicted octanol–water partition coefficient (Wildman–Crippen LogP) is 6.62. The number of carboxylic acids is 1. The number of rotatable bonds is 9. The topological polar surface area (TPSA) is 54.4 Å². The second-order valence-electron chi connectivity index (χ2n) is 7.39. The van der Waals surface area contributed by atoms with Crippen LogP contribution >= 0.6 is 23.2 Å². The third-order valence-corrected chi connectivity index (χ3v) is 5.78. The van der Waals surface area contributed by atoms with Gasteiger partial charge in [0.05, 0.1) is 5.41 Å². The van der Waals surface area contributed by atoms with Gasteiger partial charge in [-0.15, -0.1) is 0 Å². The van der Waals surface area contributed by atoms with Crippen molar-refractivity contribution in [2.45, 2.75) is 24.7 Å². The van der Waals surface area contributed by atoms with E-state index in [2.05, 4.69) is 0 Å². The Morgan fingerprint density at radius 2 is 1.42 bits per heavy atom. The number of ketones is 1. The molecule has 3 aromatic carbocycles. The first-order valence-electron chi connectivity index (χ1n) is 9.89. The molecule has 0 fully saturated rings. The fourth-order valence-corrected chi connectivity index (χ4v) is 3.87. The van der Waals surface area contributed by atoms with Crippen LogP contribution in [0.1, 0.15) is 29.5 Å². The molecule has 0 aromatic heterocycles. The molecule has 0 aliphatic rings. The molecule has 0 aliphatic carbocycles. The van der Waals surface area contributed by atoms with E-state index in [-0.39, 0.29) is 18.6 Å². The fraction of sp³-hybridized carbons (Fsp3) is 0.154. The summed E-state index contributed by atoms with van der Waals surface area (Å²) in [5, 5.41) is 10.6. The number of carbonyl (C=O) groups excluding carboxylic acids is 1. The molecule has 0 radical (unpaired) electrons. The number of carboxylic acid groups (broad SMARTS) is 1. The summed E-state index contributed by atoms with van der Waals surface area (Å²) >= 11 is 12.0. The largest absolute Gasteiger partial charge is 0.481 e. The molecule has 0 spiro atoms. The molecule has 31 heavy (non-hydrogen) atoms. The first-order chi connectivity index (χ1) is 14.9. The van der Waals surface area contributed by atoms with E-state index in [9.17, 15) is 14.7 Å². The van der Waals surface area contributed by atoms with Gasteiger partial charge in [-0.1, -0.05) is 83.9 Å². The van der Waals surface area contributed by atoms with Crippen LogP contribution in [0.25, 0.3) is 6.08 Å². The average Bonchev–Trinajstić information content (AvgIpc) is 2.78. The quantitative estimate of drug-likeness (QED) is 0.371. The maximum atomic E-state index is 13.7. The van der Waals surface area contributed by atoms with E-state index in [1.165, 1.54) is 6.08 Å². The summed E-state index contributed by atoms with van der Waals surface area (Å²) in [6.07, 6.45) is 3.69. The van der Waals surface area contributed by atoms with Crippen molar-refractivity contribution in [1.29, 1.82) is 0 Å². The number of halogens is 2. The van der Waals surface area contributed by atoms with Crippen LogP contribution in [0.4, 0.5) is 0 Å². The van der Waals surface area contributed by atoms with Crippen molar-refractivity contribution in [1.82, 2.24) is 0 Å². The van der Waals surface area contributed by atoms with Crippen LogP contribution < -0.4 is 0 Å². The predicted molar refractivity (Wildman–Crippen MR) is 126 cm³/mol. The summed E-state index contributed by atoms with van der Waals surface area (Å²) in [6, 6.07) is 23.8. The van der Waals surface area contributed by atoms with E-state index in [0.29, 0.717) is 16.5 Å². The Kier molecular flexibility index (Phi) is 7.67. The second kappa shape index (κ2) is 10.4. The van der Waals surface area contributed by atoms with Gasteiger partial charge in [-0.25, -0.2) is 0 Å². The van der Waals surface area contributed by atoms with Crippen LogP contribution in [0.2, 0.25) is 10.0 Å². The molecule has 0 aliphatic heterocycles. The maximum absolute atomic E-state index is 13.7. The van der Waals surface area contributed by atoms with Crippen molar-refractivity contribution >= 4 is 41.0 Å². The second-order valence-corrected chi connectivity index (χ2v) is 8.27. The molecule has 158 valence electrons. The Labute approximate surface area is 191 Å². The number of benzene rings is 3. The van der Waals surface area contributed by atoms with Gasteiger partial charge in [0.2, 0.25) is 0 Å². The van der Waals surface area contributed by atoms with Crippen molar-refractivity contribution in [3.05, 3.63) is 112 Å². The van der Waals surface area contributed by atoms with E-state index in [0.717, 1.165) is 16.7 Å². The molecule has 3 aromatic rings. The van der Waals surface area contributed by atoms with Crippen molar-refractivity contribution in [2.75, 3.05) is 0 Å². The standard InChI is InChI=1S/C26H22Cl2O3/c27-22-11-6-19(7-12-22)10-15-24(29)26(17-16-25(30)31,21-4-2-1-3-5-21)18-20-8-13-23(28)14-9-20/h1-15H,16-18H2,(H,30,31). The van der Waals surface area contributed by atoms with Crippen molar-refractivity contribution in [2.24, 2.45) is 0 Å². The highest BCUT2D eigenvalue weighted by atomic mass is 35.5. The third kappa shape index (κ3) is 6.06. The third-order valence-electron chi connectivity index (χ3n) is 5.28. The molecule has 0 saturated heterocycles. The van der Waals surface area contributed by atoms with Crippen LogP contribution in [0.5, 0.6) is 0 Å². The zero-order chi connectivity index (χ0) is 22.3. The zero-order valence-electron chi connectivity index (χ0n) is 16.8. The normalized spacial score (nSPS) is 13.1. The smallest absolute Gasteiger partial charge is 0.303 e. The van der Waals surface area contributed by atoms with Gasteiger partial charge in [0.25, 0.3) is 0 Å². The van der Waals surface area contributed by atoms with Crippen molar-refractivity contribution in [3.63, 3.8) is 0 Å². The first-order valence-corrected chi connectivity index (χ1v) is 10.6. The Morgan fingerprint density at radius 1 is 0.839 bits per heavy atom. The molecule has 0 bridgehead atoms. The van der Waals surface area contributed by atoms with E-state index in [1.54, 1.807) is 30.3 Å². The Balaban J connectivity index is 2.04. The SMILES string of the molecule is O=C(O)CCC(Cc1ccc(Cl)cc1)(C(=O)C=Cc1ccc(Cl)cc1)c1ccccc1. The lowest BCUT2D eigenvalue weighted by Crippen LogP contribution is -2.38. The van der Waals surface area contributed by atoms with Gasteiger partial charge in [-0.05, 0) is 59.9 Å². The van der Waals surface area contributed by atoms with Crippen LogP contribution in [0.15, 0.2) is 84.9 Å². The van der Waals surface area contributed by atoms with Gasteiger partial charge < -0.3 is 5.11 Å². The van der Waals surface area contributed by atoms with E-state index in [4.69, 9.17) is 23.2 Å². The molecule has 0 saturated carbocycles. The summed E-state index contributed by atoms with van der Waals surface area (Å²) in [5.41, 5.74) is 1.52.